The number of phenols is 1. The summed E-state index contributed by atoms with van der Waals surface area (Å²) in [6, 6.07) is 11.3. The highest BCUT2D eigenvalue weighted by Gasteiger charge is 2.03. The Morgan fingerprint density at radius 3 is 2.55 bits per heavy atom. The standard InChI is InChI=1S/C17H16O5/c1-21-16-10-12(4-8-15(16)19)5-9-17(20)22-14-6-2-13(11-18)3-7-14/h2-10,18-19H,11H2,1H3. The van der Waals surface area contributed by atoms with Crippen LogP contribution in [0.5, 0.6) is 17.2 Å². The van der Waals surface area contributed by atoms with Gasteiger partial charge in [-0.05, 0) is 41.5 Å². The maximum atomic E-state index is 11.7. The highest BCUT2D eigenvalue weighted by atomic mass is 16.5. The van der Waals surface area contributed by atoms with Gasteiger partial charge in [0.2, 0.25) is 0 Å². The van der Waals surface area contributed by atoms with Gasteiger partial charge in [-0.25, -0.2) is 4.79 Å². The van der Waals surface area contributed by atoms with Crippen LogP contribution in [0.1, 0.15) is 11.1 Å². The summed E-state index contributed by atoms with van der Waals surface area (Å²) < 4.78 is 10.1. The van der Waals surface area contributed by atoms with Gasteiger partial charge in [-0.3, -0.25) is 0 Å². The Kier molecular flexibility index (Phi) is 5.16. The lowest BCUT2D eigenvalue weighted by molar-refractivity contribution is -0.128. The fourth-order valence-electron chi connectivity index (χ4n) is 1.78. The van der Waals surface area contributed by atoms with E-state index in [0.717, 1.165) is 5.56 Å². The predicted octanol–water partition coefficient (Wildman–Crippen LogP) is 2.51. The summed E-state index contributed by atoms with van der Waals surface area (Å²) >= 11 is 0. The Morgan fingerprint density at radius 2 is 1.91 bits per heavy atom. The molecule has 0 heterocycles. The molecule has 0 unspecified atom stereocenters. The molecule has 0 bridgehead atoms. The highest BCUT2D eigenvalue weighted by Crippen LogP contribution is 2.26. The van der Waals surface area contributed by atoms with E-state index in [4.69, 9.17) is 14.6 Å². The summed E-state index contributed by atoms with van der Waals surface area (Å²) in [6.45, 7) is -0.0587. The molecule has 0 aliphatic heterocycles. The van der Waals surface area contributed by atoms with Crippen molar-refractivity contribution >= 4 is 12.0 Å². The van der Waals surface area contributed by atoms with Crippen molar-refractivity contribution in [3.63, 3.8) is 0 Å². The molecule has 0 aliphatic carbocycles. The first-order valence-electron chi connectivity index (χ1n) is 6.59. The van der Waals surface area contributed by atoms with E-state index in [9.17, 15) is 9.90 Å². The molecule has 0 radical (unpaired) electrons. The van der Waals surface area contributed by atoms with Crippen LogP contribution in [0, 0.1) is 0 Å². The van der Waals surface area contributed by atoms with Gasteiger partial charge in [0.05, 0.1) is 13.7 Å². The molecular weight excluding hydrogens is 284 g/mol. The number of hydrogen-bond donors (Lipinski definition) is 2. The second-order valence-corrected chi connectivity index (χ2v) is 4.49. The van der Waals surface area contributed by atoms with Gasteiger partial charge in [0.25, 0.3) is 0 Å². The van der Waals surface area contributed by atoms with Crippen LogP contribution >= 0.6 is 0 Å². The van der Waals surface area contributed by atoms with Gasteiger partial charge in [-0.2, -0.15) is 0 Å². The van der Waals surface area contributed by atoms with Crippen LogP contribution in [0.2, 0.25) is 0 Å². The van der Waals surface area contributed by atoms with Crippen LogP contribution in [0.4, 0.5) is 0 Å². The lowest BCUT2D eigenvalue weighted by atomic mass is 10.2. The third kappa shape index (κ3) is 4.10. The lowest BCUT2D eigenvalue weighted by Gasteiger charge is -2.04. The zero-order valence-electron chi connectivity index (χ0n) is 12.0. The average Bonchev–Trinajstić information content (AvgIpc) is 2.55. The molecule has 0 aliphatic rings. The van der Waals surface area contributed by atoms with Gasteiger partial charge >= 0.3 is 5.97 Å². The summed E-state index contributed by atoms with van der Waals surface area (Å²) in [6.07, 6.45) is 2.85. The van der Waals surface area contributed by atoms with Crippen LogP contribution < -0.4 is 9.47 Å². The van der Waals surface area contributed by atoms with Crippen molar-refractivity contribution in [3.8, 4) is 17.2 Å². The first kappa shape index (κ1) is 15.6. The number of aliphatic hydroxyl groups is 1. The van der Waals surface area contributed by atoms with Crippen LogP contribution in [-0.2, 0) is 11.4 Å². The number of aliphatic hydroxyl groups excluding tert-OH is 1. The molecule has 2 rings (SSSR count). The van der Waals surface area contributed by atoms with Crippen molar-refractivity contribution in [1.29, 1.82) is 0 Å². The van der Waals surface area contributed by atoms with Gasteiger partial charge < -0.3 is 19.7 Å². The molecule has 0 aromatic heterocycles. The molecule has 0 spiro atoms. The number of benzene rings is 2. The van der Waals surface area contributed by atoms with E-state index in [0.29, 0.717) is 17.1 Å². The Balaban J connectivity index is 2.01. The zero-order valence-corrected chi connectivity index (χ0v) is 12.0. The van der Waals surface area contributed by atoms with Crippen molar-refractivity contribution < 1.29 is 24.5 Å². The van der Waals surface area contributed by atoms with E-state index in [2.05, 4.69) is 0 Å². The van der Waals surface area contributed by atoms with E-state index in [-0.39, 0.29) is 12.4 Å². The van der Waals surface area contributed by atoms with Crippen molar-refractivity contribution in [2.75, 3.05) is 7.11 Å². The van der Waals surface area contributed by atoms with Crippen molar-refractivity contribution in [2.24, 2.45) is 0 Å². The summed E-state index contributed by atoms with van der Waals surface area (Å²) in [7, 11) is 1.45. The molecule has 114 valence electrons. The fraction of sp³-hybridized carbons (Fsp3) is 0.118. The minimum Gasteiger partial charge on any atom is -0.504 e. The molecular formula is C17H16O5. The monoisotopic (exact) mass is 300 g/mol. The molecule has 5 nitrogen and oxygen atoms in total. The molecule has 2 aromatic carbocycles. The van der Waals surface area contributed by atoms with Gasteiger partial charge in [-0.1, -0.05) is 18.2 Å². The number of phenolic OH excluding ortho intramolecular Hbond substituents is 1. The molecule has 0 saturated heterocycles. The topological polar surface area (TPSA) is 76.0 Å². The van der Waals surface area contributed by atoms with E-state index in [1.165, 1.54) is 19.3 Å². The summed E-state index contributed by atoms with van der Waals surface area (Å²) in [5.74, 6) is 0.236. The number of hydrogen-bond acceptors (Lipinski definition) is 5. The fourth-order valence-corrected chi connectivity index (χ4v) is 1.78. The molecule has 5 heteroatoms. The molecule has 22 heavy (non-hydrogen) atoms. The quantitative estimate of drug-likeness (QED) is 0.504. The number of ether oxygens (including phenoxy) is 2. The van der Waals surface area contributed by atoms with Crippen LogP contribution in [-0.4, -0.2) is 23.3 Å². The van der Waals surface area contributed by atoms with Crippen LogP contribution in [0.25, 0.3) is 6.08 Å². The Hall–Kier alpha value is -2.79. The van der Waals surface area contributed by atoms with Crippen LogP contribution in [0.15, 0.2) is 48.5 Å². The minimum atomic E-state index is -0.524. The van der Waals surface area contributed by atoms with Gasteiger partial charge in [0, 0.05) is 6.08 Å². The third-order valence-corrected chi connectivity index (χ3v) is 2.94. The highest BCUT2D eigenvalue weighted by molar-refractivity contribution is 5.88. The summed E-state index contributed by atoms with van der Waals surface area (Å²) in [4.78, 5) is 11.7. The van der Waals surface area contributed by atoms with E-state index >= 15 is 0 Å². The molecule has 0 saturated carbocycles. The maximum Gasteiger partial charge on any atom is 0.336 e. The largest absolute Gasteiger partial charge is 0.504 e. The van der Waals surface area contributed by atoms with Crippen LogP contribution in [0.3, 0.4) is 0 Å². The Bertz CT molecular complexity index is 674. The maximum absolute atomic E-state index is 11.7. The van der Waals surface area contributed by atoms with Gasteiger partial charge in [0.1, 0.15) is 5.75 Å². The molecule has 2 N–H and O–H groups in total. The summed E-state index contributed by atoms with van der Waals surface area (Å²) in [5, 5.41) is 18.4. The first-order valence-corrected chi connectivity index (χ1v) is 6.59. The first-order chi connectivity index (χ1) is 10.6. The van der Waals surface area contributed by atoms with Gasteiger partial charge in [0.15, 0.2) is 11.5 Å². The van der Waals surface area contributed by atoms with E-state index in [1.807, 2.05) is 0 Å². The lowest BCUT2D eigenvalue weighted by Crippen LogP contribution is -2.03. The number of esters is 1. The minimum absolute atomic E-state index is 0.0335. The second kappa shape index (κ2) is 7.28. The number of carbonyl (C=O) groups is 1. The molecule has 0 atom stereocenters. The van der Waals surface area contributed by atoms with Crippen molar-refractivity contribution in [3.05, 3.63) is 59.7 Å². The van der Waals surface area contributed by atoms with Gasteiger partial charge in [-0.15, -0.1) is 0 Å². The van der Waals surface area contributed by atoms with Crippen molar-refractivity contribution in [2.45, 2.75) is 6.61 Å². The molecule has 0 fully saturated rings. The smallest absolute Gasteiger partial charge is 0.336 e. The molecule has 0 amide bonds. The number of carbonyl (C=O) groups excluding carboxylic acids is 1. The van der Waals surface area contributed by atoms with Crippen molar-refractivity contribution in [1.82, 2.24) is 0 Å². The Labute approximate surface area is 128 Å². The normalized spacial score (nSPS) is 10.6. The van der Waals surface area contributed by atoms with E-state index < -0.39 is 5.97 Å². The molecule has 2 aromatic rings. The number of rotatable bonds is 5. The number of methoxy groups -OCH3 is 1. The predicted molar refractivity (Wildman–Crippen MR) is 81.7 cm³/mol. The summed E-state index contributed by atoms with van der Waals surface area (Å²) in [5.41, 5.74) is 1.44. The SMILES string of the molecule is COc1cc(C=CC(=O)Oc2ccc(CO)cc2)ccc1O. The Morgan fingerprint density at radius 1 is 1.18 bits per heavy atom. The average molecular weight is 300 g/mol. The number of aromatic hydroxyl groups is 1. The van der Waals surface area contributed by atoms with E-state index in [1.54, 1.807) is 42.5 Å². The zero-order chi connectivity index (χ0) is 15.9. The third-order valence-electron chi connectivity index (χ3n) is 2.94. The second-order valence-electron chi connectivity index (χ2n) is 4.49.